The van der Waals surface area contributed by atoms with Crippen molar-refractivity contribution in [2.45, 2.75) is 122 Å². The second kappa shape index (κ2) is 19.7. The molecule has 7 heteroatoms. The number of rotatable bonds is 15. The summed E-state index contributed by atoms with van der Waals surface area (Å²) in [4.78, 5) is 0. The molecule has 1 fully saturated rings. The maximum absolute atomic E-state index is 10.0. The number of nitrogens with one attached hydrogen (secondary N) is 1. The quantitative estimate of drug-likeness (QED) is 0.224. The van der Waals surface area contributed by atoms with Gasteiger partial charge in [0.15, 0.2) is 6.29 Å². The van der Waals surface area contributed by atoms with E-state index in [0.717, 1.165) is 12.8 Å². The fraction of sp³-hybridized carbons (Fsp3) is 1.00. The Bertz CT molecular complexity index is 347. The monoisotopic (exact) mass is 421 g/mol. The van der Waals surface area contributed by atoms with E-state index in [1.54, 1.807) is 6.92 Å². The molecule has 6 N–H and O–H groups in total. The number of hydrogen-bond donors (Lipinski definition) is 6. The third-order valence-electron chi connectivity index (χ3n) is 5.31. The molecule has 176 valence electrons. The van der Waals surface area contributed by atoms with Gasteiger partial charge in [-0.15, -0.1) is 0 Å². The van der Waals surface area contributed by atoms with E-state index in [0.29, 0.717) is 6.54 Å². The summed E-state index contributed by atoms with van der Waals surface area (Å²) in [5, 5.41) is 49.5. The summed E-state index contributed by atoms with van der Waals surface area (Å²) >= 11 is 0. The molecule has 1 aliphatic heterocycles. The summed E-state index contributed by atoms with van der Waals surface area (Å²) in [6, 6.07) is -0.722. The van der Waals surface area contributed by atoms with E-state index in [-0.39, 0.29) is 6.61 Å². The van der Waals surface area contributed by atoms with Crippen LogP contribution < -0.4 is 5.32 Å². The molecule has 7 nitrogen and oxygen atoms in total. The smallest absolute Gasteiger partial charge is 0.173 e. The van der Waals surface area contributed by atoms with Gasteiger partial charge in [-0.25, -0.2) is 0 Å². The number of aliphatic hydroxyl groups excluding tert-OH is 5. The Labute approximate surface area is 177 Å². The van der Waals surface area contributed by atoms with Crippen LogP contribution in [0.1, 0.15) is 90.9 Å². The van der Waals surface area contributed by atoms with Crippen LogP contribution in [0.2, 0.25) is 0 Å². The van der Waals surface area contributed by atoms with Crippen molar-refractivity contribution in [2.75, 3.05) is 19.8 Å². The standard InChI is InChI=1S/C20H41NO5.C2H6O/c1-2-3-4-5-6-7-8-9-10-11-12-13-14-21-17-19(24)18(23)16(15-22)26-20(17)25;1-2-3/h16-25H,2-15H2,1H3;3H,2H2,1H3/t16-,17-,18-,19-,20?;/m1./s1. The number of aliphatic hydroxyl groups is 5. The highest BCUT2D eigenvalue weighted by Gasteiger charge is 2.43. The van der Waals surface area contributed by atoms with Crippen LogP contribution in [0.4, 0.5) is 0 Å². The molecule has 1 unspecified atom stereocenters. The Hall–Kier alpha value is -0.280. The molecule has 1 heterocycles. The minimum Gasteiger partial charge on any atom is -0.397 e. The molecule has 0 aromatic rings. The minimum atomic E-state index is -1.22. The van der Waals surface area contributed by atoms with Gasteiger partial charge >= 0.3 is 0 Å². The Morgan fingerprint density at radius 1 is 0.690 bits per heavy atom. The van der Waals surface area contributed by atoms with Crippen molar-refractivity contribution < 1.29 is 30.3 Å². The minimum absolute atomic E-state index is 0.250. The molecular formula is C22H47NO6. The molecule has 0 spiro atoms. The van der Waals surface area contributed by atoms with E-state index >= 15 is 0 Å². The Kier molecular flexibility index (Phi) is 19.5. The summed E-state index contributed by atoms with van der Waals surface area (Å²) < 4.78 is 5.13. The third-order valence-corrected chi connectivity index (χ3v) is 5.31. The lowest BCUT2D eigenvalue weighted by molar-refractivity contribution is -0.254. The first-order valence-electron chi connectivity index (χ1n) is 11.7. The first-order chi connectivity index (χ1) is 14.0. The predicted molar refractivity (Wildman–Crippen MR) is 116 cm³/mol. The van der Waals surface area contributed by atoms with Crippen molar-refractivity contribution >= 4 is 0 Å². The number of ether oxygens (including phenoxy) is 1. The van der Waals surface area contributed by atoms with Crippen molar-refractivity contribution in [1.29, 1.82) is 0 Å². The van der Waals surface area contributed by atoms with Crippen LogP contribution in [-0.4, -0.2) is 75.9 Å². The van der Waals surface area contributed by atoms with Crippen molar-refractivity contribution in [1.82, 2.24) is 5.32 Å². The molecular weight excluding hydrogens is 374 g/mol. The van der Waals surface area contributed by atoms with Gasteiger partial charge in [0.25, 0.3) is 0 Å². The fourth-order valence-electron chi connectivity index (χ4n) is 3.55. The fourth-order valence-corrected chi connectivity index (χ4v) is 3.55. The average Bonchev–Trinajstić information content (AvgIpc) is 2.71. The molecule has 0 aromatic carbocycles. The molecule has 1 rings (SSSR count). The van der Waals surface area contributed by atoms with Crippen molar-refractivity contribution in [3.8, 4) is 0 Å². The highest BCUT2D eigenvalue weighted by Crippen LogP contribution is 2.20. The summed E-state index contributed by atoms with van der Waals surface area (Å²) in [7, 11) is 0. The lowest BCUT2D eigenvalue weighted by Crippen LogP contribution is -2.63. The van der Waals surface area contributed by atoms with Crippen molar-refractivity contribution in [2.24, 2.45) is 0 Å². The molecule has 29 heavy (non-hydrogen) atoms. The van der Waals surface area contributed by atoms with Gasteiger partial charge in [0.1, 0.15) is 18.3 Å². The SMILES string of the molecule is CCCCCCCCCCCCCCN[C@H]1C(O)O[C@H](CO)[C@@H](O)[C@@H]1O.CCO. The maximum Gasteiger partial charge on any atom is 0.173 e. The van der Waals surface area contributed by atoms with Crippen LogP contribution in [0, 0.1) is 0 Å². The van der Waals surface area contributed by atoms with E-state index in [4.69, 9.17) is 14.9 Å². The van der Waals surface area contributed by atoms with Crippen LogP contribution in [0.25, 0.3) is 0 Å². The normalized spacial score (nSPS) is 26.8. The lowest BCUT2D eigenvalue weighted by Gasteiger charge is -2.40. The zero-order chi connectivity index (χ0) is 21.9. The second-order valence-electron chi connectivity index (χ2n) is 7.91. The average molecular weight is 422 g/mol. The molecule has 0 amide bonds. The molecule has 5 atom stereocenters. The highest BCUT2D eigenvalue weighted by molar-refractivity contribution is 4.92. The van der Waals surface area contributed by atoms with E-state index in [1.807, 2.05) is 0 Å². The predicted octanol–water partition coefficient (Wildman–Crippen LogP) is 2.08. The van der Waals surface area contributed by atoms with Crippen molar-refractivity contribution in [3.63, 3.8) is 0 Å². The number of hydrogen-bond acceptors (Lipinski definition) is 7. The molecule has 0 radical (unpaired) electrons. The van der Waals surface area contributed by atoms with Gasteiger partial charge in [0, 0.05) is 6.61 Å². The van der Waals surface area contributed by atoms with Gasteiger partial charge in [-0.1, -0.05) is 77.6 Å². The second-order valence-corrected chi connectivity index (χ2v) is 7.91. The van der Waals surface area contributed by atoms with Gasteiger partial charge in [0.05, 0.1) is 12.6 Å². The van der Waals surface area contributed by atoms with Crippen LogP contribution in [0.15, 0.2) is 0 Å². The molecule has 0 saturated carbocycles. The molecule has 0 bridgehead atoms. The van der Waals surface area contributed by atoms with Crippen LogP contribution in [0.3, 0.4) is 0 Å². The topological polar surface area (TPSA) is 122 Å². The van der Waals surface area contributed by atoms with Crippen LogP contribution in [0.5, 0.6) is 0 Å². The van der Waals surface area contributed by atoms with Crippen LogP contribution in [-0.2, 0) is 4.74 Å². The van der Waals surface area contributed by atoms with E-state index in [2.05, 4.69) is 12.2 Å². The summed E-state index contributed by atoms with van der Waals surface area (Å²) in [5.74, 6) is 0. The van der Waals surface area contributed by atoms with Gasteiger partial charge < -0.3 is 35.6 Å². The molecule has 1 saturated heterocycles. The molecule has 1 aliphatic rings. The largest absolute Gasteiger partial charge is 0.397 e. The van der Waals surface area contributed by atoms with Crippen molar-refractivity contribution in [3.05, 3.63) is 0 Å². The van der Waals surface area contributed by atoms with Gasteiger partial charge in [-0.2, -0.15) is 0 Å². The first kappa shape index (κ1) is 28.7. The van der Waals surface area contributed by atoms with E-state index in [9.17, 15) is 15.3 Å². The Balaban J connectivity index is 0.00000245. The zero-order valence-corrected chi connectivity index (χ0v) is 18.6. The summed E-state index contributed by atoms with van der Waals surface area (Å²) in [6.07, 6.45) is 10.9. The molecule has 0 aromatic heterocycles. The van der Waals surface area contributed by atoms with E-state index < -0.39 is 37.3 Å². The van der Waals surface area contributed by atoms with Gasteiger partial charge in [0.2, 0.25) is 0 Å². The summed E-state index contributed by atoms with van der Waals surface area (Å²) in [6.45, 7) is 4.41. The third kappa shape index (κ3) is 13.6. The lowest BCUT2D eigenvalue weighted by atomic mass is 9.97. The number of unbranched alkanes of at least 4 members (excludes halogenated alkanes) is 11. The zero-order valence-electron chi connectivity index (χ0n) is 18.6. The Morgan fingerprint density at radius 2 is 1.14 bits per heavy atom. The Morgan fingerprint density at radius 3 is 1.59 bits per heavy atom. The van der Waals surface area contributed by atoms with Crippen LogP contribution >= 0.6 is 0 Å². The van der Waals surface area contributed by atoms with Gasteiger partial charge in [-0.3, -0.25) is 0 Å². The molecule has 0 aliphatic carbocycles. The van der Waals surface area contributed by atoms with E-state index in [1.165, 1.54) is 64.2 Å². The first-order valence-corrected chi connectivity index (χ1v) is 11.7. The van der Waals surface area contributed by atoms with Gasteiger partial charge in [-0.05, 0) is 19.9 Å². The highest BCUT2D eigenvalue weighted by atomic mass is 16.6. The summed E-state index contributed by atoms with van der Waals surface area (Å²) in [5.41, 5.74) is 0. The maximum atomic E-state index is 10.0.